The number of rotatable bonds is 17. The molecule has 85 heavy (non-hydrogen) atoms. The van der Waals surface area contributed by atoms with Gasteiger partial charge in [0.1, 0.15) is 60.4 Å². The molecule has 3 aliphatic heterocycles. The number of hydrogen-bond acceptors (Lipinski definition) is 14. The van der Waals surface area contributed by atoms with Crippen molar-refractivity contribution in [1.82, 2.24) is 52.3 Å². The molecule has 3 aliphatic rings. The number of nitrogens with zero attached hydrogens (tertiary/aromatic N) is 3. The number of hydrogen-bond donors (Lipinski definition) is 10. The molecule has 5 rings (SSSR count). The predicted molar refractivity (Wildman–Crippen MR) is 317 cm³/mol. The molecular formula is C60H91N13O12. The fourth-order valence-electron chi connectivity index (χ4n) is 11.0. The second-order valence-corrected chi connectivity index (χ2v) is 24.1. The molecule has 10 amide bonds. The summed E-state index contributed by atoms with van der Waals surface area (Å²) in [5.41, 5.74) is 12.7. The fourth-order valence-corrected chi connectivity index (χ4v) is 11.0. The molecule has 0 unspecified atom stereocenters. The van der Waals surface area contributed by atoms with Crippen molar-refractivity contribution < 1.29 is 52.9 Å². The SMILES string of the molecule is CC(C)C[C@@H]1NC(=O)[C@H](CCCN)NC(=O)[C@H](C(C)C)NC(=O)[C@@H]2CCCN2C(=O)[C@H](Cc2ccccc2)NC(=O)[C@H](CC(C)C)NC(=O)[C@H](CCCN)NC(=O)[C@H](C(C)C)NC(=O)[C@@H]2CCCN2C(=O)[C@H](Cc2ccc([N+](=O)[O-])cc2)NC1=O. The first-order valence-electron chi connectivity index (χ1n) is 30.0. The van der Waals surface area contributed by atoms with Crippen LogP contribution in [-0.2, 0) is 60.8 Å². The Balaban J connectivity index is 1.60. The highest BCUT2D eigenvalue weighted by Crippen LogP contribution is 2.24. The van der Waals surface area contributed by atoms with Crippen molar-refractivity contribution in [1.29, 1.82) is 0 Å². The van der Waals surface area contributed by atoms with E-state index in [1.54, 1.807) is 58.0 Å². The lowest BCUT2D eigenvalue weighted by molar-refractivity contribution is -0.384. The van der Waals surface area contributed by atoms with E-state index < -0.39 is 136 Å². The van der Waals surface area contributed by atoms with E-state index in [4.69, 9.17) is 11.5 Å². The van der Waals surface area contributed by atoms with E-state index in [0.717, 1.165) is 0 Å². The summed E-state index contributed by atoms with van der Waals surface area (Å²) in [6, 6.07) is 1.95. The summed E-state index contributed by atoms with van der Waals surface area (Å²) in [4.78, 5) is 160. The van der Waals surface area contributed by atoms with E-state index in [1.165, 1.54) is 34.1 Å². The van der Waals surface area contributed by atoms with E-state index >= 15 is 0 Å². The van der Waals surface area contributed by atoms with Crippen LogP contribution in [-0.4, -0.2) is 160 Å². The molecule has 2 aromatic rings. The quantitative estimate of drug-likeness (QED) is 0.0785. The smallest absolute Gasteiger partial charge is 0.269 e. The van der Waals surface area contributed by atoms with E-state index in [-0.39, 0.29) is 108 Å². The summed E-state index contributed by atoms with van der Waals surface area (Å²) < 4.78 is 0. The summed E-state index contributed by atoms with van der Waals surface area (Å²) in [6.07, 6.45) is 1.75. The van der Waals surface area contributed by atoms with Gasteiger partial charge in [0.25, 0.3) is 5.69 Å². The topological polar surface area (TPSA) is 369 Å². The Labute approximate surface area is 498 Å². The van der Waals surface area contributed by atoms with E-state index in [9.17, 15) is 58.1 Å². The van der Waals surface area contributed by atoms with Crippen LogP contribution in [0.25, 0.3) is 0 Å². The molecule has 0 aromatic heterocycles. The molecule has 0 aliphatic carbocycles. The predicted octanol–water partition coefficient (Wildman–Crippen LogP) is 1.14. The second-order valence-electron chi connectivity index (χ2n) is 24.1. The van der Waals surface area contributed by atoms with Gasteiger partial charge in [-0.25, -0.2) is 0 Å². The highest BCUT2D eigenvalue weighted by atomic mass is 16.6. The average molecular weight is 1190 g/mol. The van der Waals surface area contributed by atoms with Crippen LogP contribution in [0.4, 0.5) is 5.69 Å². The van der Waals surface area contributed by atoms with Crippen molar-refractivity contribution in [3.8, 4) is 0 Å². The van der Waals surface area contributed by atoms with Crippen molar-refractivity contribution >= 4 is 64.8 Å². The molecule has 12 N–H and O–H groups in total. The molecule has 0 spiro atoms. The fraction of sp³-hybridized carbons (Fsp3) is 0.633. The third-order valence-corrected chi connectivity index (χ3v) is 15.6. The Kier molecular flexibility index (Phi) is 26.2. The maximum Gasteiger partial charge on any atom is 0.269 e. The number of nitrogens with one attached hydrogen (secondary N) is 8. The average Bonchev–Trinajstić information content (AvgIpc) is 4.39. The van der Waals surface area contributed by atoms with Crippen LogP contribution in [0.3, 0.4) is 0 Å². The Morgan fingerprint density at radius 3 is 1.18 bits per heavy atom. The maximum atomic E-state index is 15.0. The van der Waals surface area contributed by atoms with Gasteiger partial charge in [0, 0.05) is 38.1 Å². The lowest BCUT2D eigenvalue weighted by Gasteiger charge is -2.33. The van der Waals surface area contributed by atoms with E-state index in [1.807, 2.05) is 27.7 Å². The number of nitrogens with two attached hydrogens (primary N) is 2. The summed E-state index contributed by atoms with van der Waals surface area (Å²) >= 11 is 0. The third kappa shape index (κ3) is 19.8. The molecule has 0 bridgehead atoms. The van der Waals surface area contributed by atoms with Gasteiger partial charge in [-0.15, -0.1) is 0 Å². The molecule has 3 saturated heterocycles. The van der Waals surface area contributed by atoms with Gasteiger partial charge in [-0.2, -0.15) is 0 Å². The van der Waals surface area contributed by atoms with Crippen molar-refractivity contribution in [3.63, 3.8) is 0 Å². The van der Waals surface area contributed by atoms with Crippen LogP contribution in [0.15, 0.2) is 54.6 Å². The Bertz CT molecular complexity index is 2660. The molecule has 10 atom stereocenters. The number of nitro benzene ring substituents is 1. The van der Waals surface area contributed by atoms with Crippen LogP contribution >= 0.6 is 0 Å². The number of fused-ring (bicyclic) bond motifs is 2. The first kappa shape index (κ1) is 68.2. The molecule has 0 saturated carbocycles. The summed E-state index contributed by atoms with van der Waals surface area (Å²) in [7, 11) is 0. The van der Waals surface area contributed by atoms with Gasteiger partial charge in [0.2, 0.25) is 59.1 Å². The third-order valence-electron chi connectivity index (χ3n) is 15.6. The lowest BCUT2D eigenvalue weighted by Crippen LogP contribution is -2.62. The molecule has 25 heteroatoms. The van der Waals surface area contributed by atoms with Crippen LogP contribution in [0, 0.1) is 33.8 Å². The molecular weight excluding hydrogens is 1090 g/mol. The minimum Gasteiger partial charge on any atom is -0.343 e. The lowest BCUT2D eigenvalue weighted by atomic mass is 9.98. The zero-order valence-electron chi connectivity index (χ0n) is 50.5. The normalized spacial score (nSPS) is 26.0. The summed E-state index contributed by atoms with van der Waals surface area (Å²) in [6.45, 7) is 14.6. The first-order chi connectivity index (χ1) is 40.3. The van der Waals surface area contributed by atoms with Gasteiger partial charge in [-0.3, -0.25) is 58.1 Å². The number of benzene rings is 2. The van der Waals surface area contributed by atoms with Gasteiger partial charge in [-0.1, -0.05) is 97.9 Å². The summed E-state index contributed by atoms with van der Waals surface area (Å²) in [5.74, 6) is -8.50. The molecule has 2 aromatic carbocycles. The molecule has 3 fully saturated rings. The molecule has 0 radical (unpaired) electrons. The minimum absolute atomic E-state index is 0.00852. The Morgan fingerprint density at radius 1 is 0.471 bits per heavy atom. The van der Waals surface area contributed by atoms with Crippen LogP contribution in [0.5, 0.6) is 0 Å². The summed E-state index contributed by atoms with van der Waals surface area (Å²) in [5, 5.41) is 34.1. The number of carbonyl (C=O) groups excluding carboxylic acids is 10. The van der Waals surface area contributed by atoms with Gasteiger partial charge in [0.05, 0.1) is 4.92 Å². The van der Waals surface area contributed by atoms with E-state index in [0.29, 0.717) is 24.0 Å². The van der Waals surface area contributed by atoms with Crippen molar-refractivity contribution in [2.45, 2.75) is 193 Å². The van der Waals surface area contributed by atoms with Gasteiger partial charge in [-0.05, 0) is 112 Å². The second kappa shape index (κ2) is 32.7. The van der Waals surface area contributed by atoms with Crippen molar-refractivity contribution in [2.75, 3.05) is 26.2 Å². The molecule has 25 nitrogen and oxygen atoms in total. The number of nitro groups is 1. The molecule has 3 heterocycles. The van der Waals surface area contributed by atoms with Crippen molar-refractivity contribution in [2.24, 2.45) is 35.1 Å². The largest absolute Gasteiger partial charge is 0.343 e. The first-order valence-corrected chi connectivity index (χ1v) is 30.0. The number of non-ortho nitro benzene ring substituents is 1. The monoisotopic (exact) mass is 1190 g/mol. The van der Waals surface area contributed by atoms with Crippen molar-refractivity contribution in [3.05, 3.63) is 75.8 Å². The highest BCUT2D eigenvalue weighted by molar-refractivity contribution is 6.00. The Hall–Kier alpha value is -7.54. The zero-order valence-corrected chi connectivity index (χ0v) is 50.5. The van der Waals surface area contributed by atoms with E-state index in [2.05, 4.69) is 42.5 Å². The molecule has 468 valence electrons. The van der Waals surface area contributed by atoms with Gasteiger partial charge in [0.15, 0.2) is 0 Å². The van der Waals surface area contributed by atoms with Gasteiger partial charge >= 0.3 is 0 Å². The standard InChI is InChI=1S/C60H91N13O12/c1-34(2)30-43-53(76)67-45(32-38-16-10-9-11-17-38)59(82)71-28-14-20-47(71)55(78)69-49(36(5)6)57(80)64-42(19-13-27-62)52(75)66-44(31-35(3)4)54(77)68-46(33-39-22-24-40(25-23-39)73(84)85)60(83)72-29-15-21-48(72)56(79)70-50(37(7)8)58(81)63-41(18-12-26-61)51(74)65-43/h9-11,16-17,22-25,34-37,41-50H,12-15,18-21,26-33,61-62H2,1-8H3,(H,63,81)(H,64,80)(H,65,74)(H,66,75)(H,67,76)(H,68,77)(H,69,78)(H,70,79)/t41-,42-,43-,44-,45-,46-,47-,48-,49-,50-/m0/s1. The number of amides is 10. The van der Waals surface area contributed by atoms with Crippen LogP contribution in [0.2, 0.25) is 0 Å². The Morgan fingerprint density at radius 2 is 0.824 bits per heavy atom. The highest BCUT2D eigenvalue weighted by Gasteiger charge is 2.43. The van der Waals surface area contributed by atoms with Crippen LogP contribution in [0.1, 0.15) is 131 Å². The maximum absolute atomic E-state index is 15.0. The van der Waals surface area contributed by atoms with Gasteiger partial charge < -0.3 is 63.8 Å². The van der Waals surface area contributed by atoms with Crippen LogP contribution < -0.4 is 54.0 Å². The number of carbonyl (C=O) groups is 10. The zero-order chi connectivity index (χ0) is 62.7. The minimum atomic E-state index is -1.40.